The van der Waals surface area contributed by atoms with E-state index in [4.69, 9.17) is 5.11 Å². The minimum absolute atomic E-state index is 0.105. The van der Waals surface area contributed by atoms with Gasteiger partial charge in [0.25, 0.3) is 0 Å². The molecule has 0 aliphatic carbocycles. The zero-order valence-electron chi connectivity index (χ0n) is 8.51. The minimum Gasteiger partial charge on any atom is -0.478 e. The number of pyridine rings is 1. The molecule has 16 heavy (non-hydrogen) atoms. The van der Waals surface area contributed by atoms with Crippen LogP contribution in [0.4, 0.5) is 10.2 Å². The van der Waals surface area contributed by atoms with Gasteiger partial charge in [0.05, 0.1) is 0 Å². The molecule has 1 unspecified atom stereocenters. The summed E-state index contributed by atoms with van der Waals surface area (Å²) in [4.78, 5) is 16.1. The fourth-order valence-electron chi connectivity index (χ4n) is 1.63. The van der Waals surface area contributed by atoms with Crippen LogP contribution in [0.25, 0.3) is 0 Å². The fraction of sp³-hybridized carbons (Fsp3) is 0.273. The first-order valence-corrected chi connectivity index (χ1v) is 4.92. The molecule has 4 nitrogen and oxygen atoms in total. The largest absolute Gasteiger partial charge is 0.478 e. The summed E-state index contributed by atoms with van der Waals surface area (Å²) in [6, 6.07) is 5.22. The van der Waals surface area contributed by atoms with Crippen molar-refractivity contribution in [3.63, 3.8) is 0 Å². The van der Waals surface area contributed by atoms with Crippen LogP contribution in [0, 0.1) is 0 Å². The number of hydrogen-bond acceptors (Lipinski definition) is 3. The summed E-state index contributed by atoms with van der Waals surface area (Å²) in [7, 11) is 0. The number of hydrogen-bond donors (Lipinski definition) is 1. The van der Waals surface area contributed by atoms with Crippen molar-refractivity contribution < 1.29 is 14.3 Å². The molecule has 0 saturated carbocycles. The number of nitrogens with zero attached hydrogens (tertiary/aromatic N) is 2. The van der Waals surface area contributed by atoms with Crippen LogP contribution in [0.2, 0.25) is 0 Å². The molecule has 2 heterocycles. The highest BCUT2D eigenvalue weighted by molar-refractivity contribution is 5.87. The average Bonchev–Trinajstić information content (AvgIpc) is 2.30. The first kappa shape index (κ1) is 10.6. The monoisotopic (exact) mass is 222 g/mol. The number of anilines is 1. The lowest BCUT2D eigenvalue weighted by Crippen LogP contribution is -2.37. The third kappa shape index (κ3) is 2.03. The number of rotatable bonds is 2. The molecule has 0 spiro atoms. The van der Waals surface area contributed by atoms with Gasteiger partial charge in [-0.15, -0.1) is 0 Å². The second-order valence-electron chi connectivity index (χ2n) is 3.51. The van der Waals surface area contributed by atoms with Gasteiger partial charge in [0.15, 0.2) is 6.30 Å². The van der Waals surface area contributed by atoms with Crippen molar-refractivity contribution in [2.45, 2.75) is 12.7 Å². The van der Waals surface area contributed by atoms with Gasteiger partial charge < -0.3 is 10.0 Å². The topological polar surface area (TPSA) is 53.4 Å². The Morgan fingerprint density at radius 1 is 1.56 bits per heavy atom. The molecule has 1 atom stereocenters. The summed E-state index contributed by atoms with van der Waals surface area (Å²) in [5.74, 6) is -0.529. The Kier molecular flexibility index (Phi) is 2.85. The van der Waals surface area contributed by atoms with Crippen LogP contribution in [-0.4, -0.2) is 28.9 Å². The molecule has 1 aliphatic heterocycles. The van der Waals surface area contributed by atoms with Gasteiger partial charge in [-0.05, 0) is 12.1 Å². The predicted octanol–water partition coefficient (Wildman–Crippen LogP) is 1.60. The summed E-state index contributed by atoms with van der Waals surface area (Å²) in [6.07, 6.45) is 1.67. The van der Waals surface area contributed by atoms with Gasteiger partial charge in [0.2, 0.25) is 0 Å². The smallest absolute Gasteiger partial charge is 0.331 e. The van der Waals surface area contributed by atoms with Gasteiger partial charge >= 0.3 is 5.97 Å². The molecule has 1 aromatic heterocycles. The van der Waals surface area contributed by atoms with Gasteiger partial charge in [-0.1, -0.05) is 12.1 Å². The first-order chi connectivity index (χ1) is 7.68. The summed E-state index contributed by atoms with van der Waals surface area (Å²) in [6.45, 7) is 0.236. The Bertz CT molecular complexity index is 419. The summed E-state index contributed by atoms with van der Waals surface area (Å²) >= 11 is 0. The molecule has 1 N–H and O–H groups in total. The molecular formula is C11H11FN2O2. The number of carboxylic acids is 1. The second-order valence-corrected chi connectivity index (χ2v) is 3.51. The molecule has 5 heteroatoms. The Morgan fingerprint density at radius 3 is 2.94 bits per heavy atom. The second kappa shape index (κ2) is 4.30. The van der Waals surface area contributed by atoms with Crippen molar-refractivity contribution in [1.82, 2.24) is 4.98 Å². The maximum absolute atomic E-state index is 13.7. The Balaban J connectivity index is 2.19. The highest BCUT2D eigenvalue weighted by Gasteiger charge is 2.26. The molecule has 84 valence electrons. The highest BCUT2D eigenvalue weighted by Crippen LogP contribution is 2.23. The fourth-order valence-corrected chi connectivity index (χ4v) is 1.63. The van der Waals surface area contributed by atoms with Crippen molar-refractivity contribution in [2.75, 3.05) is 11.4 Å². The van der Waals surface area contributed by atoms with Gasteiger partial charge in [-0.2, -0.15) is 0 Å². The first-order valence-electron chi connectivity index (χ1n) is 4.92. The van der Waals surface area contributed by atoms with Gasteiger partial charge in [-0.3, -0.25) is 0 Å². The van der Waals surface area contributed by atoms with E-state index in [2.05, 4.69) is 4.98 Å². The molecule has 0 bridgehead atoms. The van der Waals surface area contributed by atoms with E-state index in [9.17, 15) is 9.18 Å². The number of aromatic nitrogens is 1. The van der Waals surface area contributed by atoms with Crippen LogP contribution in [0.3, 0.4) is 0 Å². The Hall–Kier alpha value is -1.91. The summed E-state index contributed by atoms with van der Waals surface area (Å²) < 4.78 is 13.7. The maximum Gasteiger partial charge on any atom is 0.331 e. The van der Waals surface area contributed by atoms with E-state index in [0.29, 0.717) is 5.82 Å². The van der Waals surface area contributed by atoms with Crippen LogP contribution in [0.1, 0.15) is 6.42 Å². The number of halogens is 1. The van der Waals surface area contributed by atoms with Gasteiger partial charge in [0, 0.05) is 24.7 Å². The molecule has 1 aliphatic rings. The van der Waals surface area contributed by atoms with Crippen molar-refractivity contribution in [1.29, 1.82) is 0 Å². The minimum atomic E-state index is -1.33. The van der Waals surface area contributed by atoms with E-state index in [1.54, 1.807) is 24.4 Å². The van der Waals surface area contributed by atoms with Crippen molar-refractivity contribution in [3.05, 3.63) is 36.0 Å². The standard InChI is InChI=1S/C11H11FN2O2/c12-9-7-8(11(15)16)4-6-14(9)10-3-1-2-5-13-10/h1-5,9H,6-7H2,(H,15,16). The van der Waals surface area contributed by atoms with Gasteiger partial charge in [0.1, 0.15) is 5.82 Å². The Labute approximate surface area is 92.0 Å². The predicted molar refractivity (Wildman–Crippen MR) is 56.8 cm³/mol. The zero-order valence-corrected chi connectivity index (χ0v) is 8.51. The van der Waals surface area contributed by atoms with E-state index in [0.717, 1.165) is 0 Å². The number of aliphatic carboxylic acids is 1. The average molecular weight is 222 g/mol. The third-order valence-corrected chi connectivity index (χ3v) is 2.48. The van der Waals surface area contributed by atoms with Crippen molar-refractivity contribution in [3.8, 4) is 0 Å². The molecule has 0 saturated heterocycles. The van der Waals surface area contributed by atoms with Crippen LogP contribution in [0.15, 0.2) is 36.0 Å². The zero-order chi connectivity index (χ0) is 11.5. The lowest BCUT2D eigenvalue weighted by atomic mass is 10.1. The maximum atomic E-state index is 13.7. The van der Waals surface area contributed by atoms with E-state index in [-0.39, 0.29) is 18.5 Å². The van der Waals surface area contributed by atoms with E-state index >= 15 is 0 Å². The molecule has 0 aromatic carbocycles. The van der Waals surface area contributed by atoms with E-state index < -0.39 is 12.3 Å². The Morgan fingerprint density at radius 2 is 2.38 bits per heavy atom. The molecule has 0 radical (unpaired) electrons. The molecule has 2 rings (SSSR count). The van der Waals surface area contributed by atoms with Crippen LogP contribution >= 0.6 is 0 Å². The highest BCUT2D eigenvalue weighted by atomic mass is 19.1. The van der Waals surface area contributed by atoms with Crippen LogP contribution in [0.5, 0.6) is 0 Å². The number of carboxylic acid groups (broad SMARTS) is 1. The number of carbonyl (C=O) groups is 1. The van der Waals surface area contributed by atoms with E-state index in [1.165, 1.54) is 11.0 Å². The SMILES string of the molecule is O=C(O)C1=CCN(c2ccccn2)C(F)C1. The summed E-state index contributed by atoms with van der Waals surface area (Å²) in [5, 5.41) is 8.74. The van der Waals surface area contributed by atoms with Crippen molar-refractivity contribution in [2.24, 2.45) is 0 Å². The van der Waals surface area contributed by atoms with Crippen molar-refractivity contribution >= 4 is 11.8 Å². The van der Waals surface area contributed by atoms with Crippen LogP contribution < -0.4 is 4.90 Å². The molecule has 0 amide bonds. The quantitative estimate of drug-likeness (QED) is 0.772. The number of alkyl halides is 1. The molecule has 0 fully saturated rings. The molecule has 1 aromatic rings. The summed E-state index contributed by atoms with van der Waals surface area (Å²) in [5.41, 5.74) is 0.125. The van der Waals surface area contributed by atoms with Gasteiger partial charge in [-0.25, -0.2) is 14.2 Å². The normalized spacial score (nSPS) is 20.4. The lowest BCUT2D eigenvalue weighted by Gasteiger charge is -2.29. The molecular weight excluding hydrogens is 211 g/mol. The lowest BCUT2D eigenvalue weighted by molar-refractivity contribution is -0.133. The van der Waals surface area contributed by atoms with Crippen LogP contribution in [-0.2, 0) is 4.79 Å². The van der Waals surface area contributed by atoms with E-state index in [1.807, 2.05) is 0 Å². The third-order valence-electron chi connectivity index (χ3n) is 2.48.